The maximum Gasteiger partial charge on any atom is 0.261 e. The van der Waals surface area contributed by atoms with Crippen LogP contribution in [0.2, 0.25) is 5.02 Å². The predicted molar refractivity (Wildman–Crippen MR) is 139 cm³/mol. The molecule has 0 aliphatic heterocycles. The van der Waals surface area contributed by atoms with E-state index in [2.05, 4.69) is 10.0 Å². The van der Waals surface area contributed by atoms with Crippen LogP contribution in [-0.2, 0) is 20.0 Å². The van der Waals surface area contributed by atoms with E-state index < -0.39 is 26.0 Å². The van der Waals surface area contributed by atoms with Gasteiger partial charge in [0.25, 0.3) is 15.9 Å². The maximum absolute atomic E-state index is 12.6. The van der Waals surface area contributed by atoms with Gasteiger partial charge in [0, 0.05) is 14.1 Å². The lowest BCUT2D eigenvalue weighted by molar-refractivity contribution is 0.0947. The van der Waals surface area contributed by atoms with Crippen LogP contribution >= 0.6 is 11.6 Å². The standard InChI is InChI=1S/C24H26ClN3O6S2/c1-17-4-9-20(10-5-17)35(30,31)27-18-6-13-22(23(25)16-18)24(29)26-14-15-34-19-7-11-21(12-8-19)36(32,33)28(2)3/h4-13,16,27H,14-15H2,1-3H3,(H,26,29). The van der Waals surface area contributed by atoms with Gasteiger partial charge in [-0.2, -0.15) is 0 Å². The van der Waals surface area contributed by atoms with E-state index in [1.165, 1.54) is 68.7 Å². The molecule has 12 heteroatoms. The minimum Gasteiger partial charge on any atom is -0.492 e. The number of halogens is 1. The third-order valence-corrected chi connectivity index (χ3v) is 8.60. The minimum atomic E-state index is -3.80. The highest BCUT2D eigenvalue weighted by Crippen LogP contribution is 2.24. The summed E-state index contributed by atoms with van der Waals surface area (Å²) in [6, 6.07) is 16.6. The van der Waals surface area contributed by atoms with E-state index in [0.717, 1.165) is 9.87 Å². The van der Waals surface area contributed by atoms with Crippen LogP contribution in [0.4, 0.5) is 5.69 Å². The molecule has 2 N–H and O–H groups in total. The van der Waals surface area contributed by atoms with Crippen molar-refractivity contribution in [2.24, 2.45) is 0 Å². The zero-order valence-electron chi connectivity index (χ0n) is 19.9. The summed E-state index contributed by atoms with van der Waals surface area (Å²) in [5.74, 6) is -0.00540. The Morgan fingerprint density at radius 1 is 0.917 bits per heavy atom. The van der Waals surface area contributed by atoms with Gasteiger partial charge < -0.3 is 10.1 Å². The number of carbonyl (C=O) groups is 1. The summed E-state index contributed by atoms with van der Waals surface area (Å²) in [6.07, 6.45) is 0. The van der Waals surface area contributed by atoms with Crippen molar-refractivity contribution in [3.8, 4) is 5.75 Å². The molecule has 192 valence electrons. The van der Waals surface area contributed by atoms with Gasteiger partial charge in [-0.25, -0.2) is 21.1 Å². The Morgan fingerprint density at radius 2 is 1.53 bits per heavy atom. The first kappa shape index (κ1) is 27.5. The molecule has 0 heterocycles. The summed E-state index contributed by atoms with van der Waals surface area (Å²) in [4.78, 5) is 12.7. The second-order valence-corrected chi connectivity index (χ2v) is 12.2. The Balaban J connectivity index is 1.54. The lowest BCUT2D eigenvalue weighted by atomic mass is 10.2. The van der Waals surface area contributed by atoms with Gasteiger partial charge in [0.05, 0.1) is 32.6 Å². The molecule has 3 aromatic rings. The fraction of sp³-hybridized carbons (Fsp3) is 0.208. The summed E-state index contributed by atoms with van der Waals surface area (Å²) in [6.45, 7) is 2.16. The van der Waals surface area contributed by atoms with Gasteiger partial charge in [-0.05, 0) is 61.5 Å². The van der Waals surface area contributed by atoms with Gasteiger partial charge >= 0.3 is 0 Å². The molecule has 36 heavy (non-hydrogen) atoms. The molecular formula is C24H26ClN3O6S2. The van der Waals surface area contributed by atoms with E-state index in [1.54, 1.807) is 12.1 Å². The number of amides is 1. The topological polar surface area (TPSA) is 122 Å². The minimum absolute atomic E-state index is 0.0789. The number of nitrogens with zero attached hydrogens (tertiary/aromatic N) is 1. The number of anilines is 1. The quantitative estimate of drug-likeness (QED) is 0.372. The first-order valence-electron chi connectivity index (χ1n) is 10.7. The van der Waals surface area contributed by atoms with E-state index in [9.17, 15) is 21.6 Å². The molecule has 0 aliphatic carbocycles. The van der Waals surface area contributed by atoms with Crippen molar-refractivity contribution in [3.05, 3.63) is 82.9 Å². The highest BCUT2D eigenvalue weighted by molar-refractivity contribution is 7.92. The Morgan fingerprint density at radius 3 is 2.11 bits per heavy atom. The average Bonchev–Trinajstić information content (AvgIpc) is 2.82. The fourth-order valence-corrected chi connectivity index (χ4v) is 5.26. The van der Waals surface area contributed by atoms with Crippen molar-refractivity contribution in [1.82, 2.24) is 9.62 Å². The van der Waals surface area contributed by atoms with Crippen LogP contribution in [-0.4, -0.2) is 54.3 Å². The zero-order valence-corrected chi connectivity index (χ0v) is 22.2. The largest absolute Gasteiger partial charge is 0.492 e. The second-order valence-electron chi connectivity index (χ2n) is 7.98. The molecule has 0 spiro atoms. The van der Waals surface area contributed by atoms with Gasteiger partial charge in [0.15, 0.2) is 0 Å². The lowest BCUT2D eigenvalue weighted by Crippen LogP contribution is -2.28. The highest BCUT2D eigenvalue weighted by Gasteiger charge is 2.18. The number of hydrogen-bond acceptors (Lipinski definition) is 6. The number of aryl methyl sites for hydroxylation is 1. The fourth-order valence-electron chi connectivity index (χ4n) is 3.04. The Hall–Kier alpha value is -3.12. The van der Waals surface area contributed by atoms with Crippen LogP contribution in [0.25, 0.3) is 0 Å². The Kier molecular flexibility index (Phi) is 8.62. The normalized spacial score (nSPS) is 11.8. The zero-order chi connectivity index (χ0) is 26.5. The molecule has 3 rings (SSSR count). The molecule has 9 nitrogen and oxygen atoms in total. The second kappa shape index (κ2) is 11.3. The molecule has 0 bridgehead atoms. The van der Waals surface area contributed by atoms with Crippen molar-refractivity contribution in [3.63, 3.8) is 0 Å². The van der Waals surface area contributed by atoms with Gasteiger partial charge in [-0.1, -0.05) is 29.3 Å². The predicted octanol–water partition coefficient (Wildman–Crippen LogP) is 3.51. The maximum atomic E-state index is 12.6. The molecule has 0 radical (unpaired) electrons. The molecule has 0 unspecified atom stereocenters. The number of hydrogen-bond donors (Lipinski definition) is 2. The first-order valence-corrected chi connectivity index (χ1v) is 14.0. The molecular weight excluding hydrogens is 526 g/mol. The number of ether oxygens (including phenoxy) is 1. The number of carbonyl (C=O) groups excluding carboxylic acids is 1. The SMILES string of the molecule is Cc1ccc(S(=O)(=O)Nc2ccc(C(=O)NCCOc3ccc(S(=O)(=O)N(C)C)cc3)c(Cl)c2)cc1. The molecule has 0 aliphatic rings. The summed E-state index contributed by atoms with van der Waals surface area (Å²) in [5, 5.41) is 2.75. The number of nitrogens with one attached hydrogen (secondary N) is 2. The van der Waals surface area contributed by atoms with E-state index in [0.29, 0.717) is 5.75 Å². The van der Waals surface area contributed by atoms with Gasteiger partial charge in [0.2, 0.25) is 10.0 Å². The first-order chi connectivity index (χ1) is 16.9. The number of rotatable bonds is 10. The van der Waals surface area contributed by atoms with Crippen molar-refractivity contribution in [2.75, 3.05) is 32.0 Å². The molecule has 1 amide bonds. The molecule has 0 fully saturated rings. The van der Waals surface area contributed by atoms with Crippen LogP contribution in [0.3, 0.4) is 0 Å². The molecule has 0 saturated carbocycles. The lowest BCUT2D eigenvalue weighted by Gasteiger charge is -2.13. The Labute approximate surface area is 216 Å². The number of sulfonamides is 2. The van der Waals surface area contributed by atoms with E-state index in [-0.39, 0.29) is 39.2 Å². The summed E-state index contributed by atoms with van der Waals surface area (Å²) < 4.78 is 58.4. The van der Waals surface area contributed by atoms with Crippen molar-refractivity contribution < 1.29 is 26.4 Å². The van der Waals surface area contributed by atoms with Gasteiger partial charge in [-0.3, -0.25) is 9.52 Å². The third kappa shape index (κ3) is 6.76. The van der Waals surface area contributed by atoms with Crippen LogP contribution in [0.15, 0.2) is 76.5 Å². The average molecular weight is 552 g/mol. The van der Waals surface area contributed by atoms with Crippen LogP contribution < -0.4 is 14.8 Å². The van der Waals surface area contributed by atoms with E-state index in [4.69, 9.17) is 16.3 Å². The van der Waals surface area contributed by atoms with E-state index >= 15 is 0 Å². The van der Waals surface area contributed by atoms with Crippen LogP contribution in [0, 0.1) is 6.92 Å². The highest BCUT2D eigenvalue weighted by atomic mass is 35.5. The van der Waals surface area contributed by atoms with Crippen LogP contribution in [0.1, 0.15) is 15.9 Å². The van der Waals surface area contributed by atoms with Gasteiger partial charge in [-0.15, -0.1) is 0 Å². The molecule has 3 aromatic carbocycles. The smallest absolute Gasteiger partial charge is 0.261 e. The monoisotopic (exact) mass is 551 g/mol. The molecule has 0 aromatic heterocycles. The van der Waals surface area contributed by atoms with Crippen molar-refractivity contribution in [1.29, 1.82) is 0 Å². The van der Waals surface area contributed by atoms with Crippen molar-refractivity contribution in [2.45, 2.75) is 16.7 Å². The van der Waals surface area contributed by atoms with Crippen molar-refractivity contribution >= 4 is 43.2 Å². The molecule has 0 atom stereocenters. The summed E-state index contributed by atoms with van der Waals surface area (Å²) in [7, 11) is -4.42. The third-order valence-electron chi connectivity index (χ3n) is 5.06. The molecule has 0 saturated heterocycles. The number of benzene rings is 3. The summed E-state index contributed by atoms with van der Waals surface area (Å²) in [5.41, 5.74) is 1.33. The van der Waals surface area contributed by atoms with E-state index in [1.807, 2.05) is 6.92 Å². The Bertz CT molecular complexity index is 1440. The summed E-state index contributed by atoms with van der Waals surface area (Å²) >= 11 is 6.22. The van der Waals surface area contributed by atoms with Gasteiger partial charge in [0.1, 0.15) is 12.4 Å². The van der Waals surface area contributed by atoms with Crippen LogP contribution in [0.5, 0.6) is 5.75 Å².